The topological polar surface area (TPSA) is 32.7 Å². The Morgan fingerprint density at radius 3 is 2.67 bits per heavy atom. The van der Waals surface area contributed by atoms with Gasteiger partial charge >= 0.3 is 0 Å². The summed E-state index contributed by atoms with van der Waals surface area (Å²) >= 11 is 0. The highest BCUT2D eigenvalue weighted by molar-refractivity contribution is 5.55. The standard InChI is InChI=1S/C14H20FNO2/c1-10(17)14-12(15)4-3-5-13(14)16(2)11-6-8-18-9-7-11/h3-5,10-11,17H,6-9H2,1-2H3/t10-/m1/s1. The first-order chi connectivity index (χ1) is 8.61. The number of nitrogens with zero attached hydrogens (tertiary/aromatic N) is 1. The molecule has 1 aliphatic heterocycles. The number of aliphatic hydroxyl groups excluding tert-OH is 1. The van der Waals surface area contributed by atoms with Crippen molar-refractivity contribution >= 4 is 5.69 Å². The van der Waals surface area contributed by atoms with Gasteiger partial charge in [0, 0.05) is 37.6 Å². The van der Waals surface area contributed by atoms with Gasteiger partial charge in [-0.25, -0.2) is 4.39 Å². The summed E-state index contributed by atoms with van der Waals surface area (Å²) in [5, 5.41) is 9.74. The zero-order chi connectivity index (χ0) is 13.1. The Labute approximate surface area is 107 Å². The predicted molar refractivity (Wildman–Crippen MR) is 69.3 cm³/mol. The molecule has 0 aliphatic carbocycles. The number of benzene rings is 1. The maximum absolute atomic E-state index is 13.8. The number of hydrogen-bond acceptors (Lipinski definition) is 3. The van der Waals surface area contributed by atoms with E-state index in [0.29, 0.717) is 11.6 Å². The SMILES string of the molecule is C[C@@H](O)c1c(F)cccc1N(C)C1CCOCC1. The summed E-state index contributed by atoms with van der Waals surface area (Å²) in [6.07, 6.45) is 1.07. The molecule has 2 rings (SSSR count). The molecule has 1 fully saturated rings. The molecular formula is C14H20FNO2. The van der Waals surface area contributed by atoms with Crippen LogP contribution in [0.4, 0.5) is 10.1 Å². The van der Waals surface area contributed by atoms with Crippen LogP contribution in [-0.4, -0.2) is 31.4 Å². The lowest BCUT2D eigenvalue weighted by Crippen LogP contribution is -2.37. The van der Waals surface area contributed by atoms with Crippen molar-refractivity contribution in [1.29, 1.82) is 0 Å². The summed E-state index contributed by atoms with van der Waals surface area (Å²) in [5.41, 5.74) is 1.16. The van der Waals surface area contributed by atoms with Crippen molar-refractivity contribution in [3.63, 3.8) is 0 Å². The normalized spacial score (nSPS) is 18.7. The van der Waals surface area contributed by atoms with Gasteiger partial charge in [-0.15, -0.1) is 0 Å². The molecule has 1 aliphatic rings. The number of halogens is 1. The largest absolute Gasteiger partial charge is 0.389 e. The smallest absolute Gasteiger partial charge is 0.131 e. The van der Waals surface area contributed by atoms with Crippen LogP contribution in [0.1, 0.15) is 31.4 Å². The van der Waals surface area contributed by atoms with E-state index in [1.54, 1.807) is 13.0 Å². The van der Waals surface area contributed by atoms with E-state index >= 15 is 0 Å². The molecule has 1 atom stereocenters. The van der Waals surface area contributed by atoms with E-state index in [1.165, 1.54) is 6.07 Å². The van der Waals surface area contributed by atoms with Crippen molar-refractivity contribution in [2.45, 2.75) is 31.9 Å². The number of rotatable bonds is 3. The summed E-state index contributed by atoms with van der Waals surface area (Å²) in [6.45, 7) is 3.09. The molecule has 1 aromatic rings. The Morgan fingerprint density at radius 1 is 1.39 bits per heavy atom. The van der Waals surface area contributed by atoms with Gasteiger partial charge in [0.1, 0.15) is 5.82 Å². The van der Waals surface area contributed by atoms with Gasteiger partial charge in [0.15, 0.2) is 0 Å². The monoisotopic (exact) mass is 253 g/mol. The second-order valence-electron chi connectivity index (χ2n) is 4.80. The third-order valence-corrected chi connectivity index (χ3v) is 3.57. The fourth-order valence-corrected chi connectivity index (χ4v) is 2.52. The van der Waals surface area contributed by atoms with Gasteiger partial charge in [-0.3, -0.25) is 0 Å². The van der Waals surface area contributed by atoms with Crippen molar-refractivity contribution in [3.05, 3.63) is 29.6 Å². The molecule has 0 unspecified atom stereocenters. The van der Waals surface area contributed by atoms with Crippen LogP contribution in [0.15, 0.2) is 18.2 Å². The Balaban J connectivity index is 2.28. The molecule has 0 aromatic heterocycles. The van der Waals surface area contributed by atoms with Crippen LogP contribution in [0.5, 0.6) is 0 Å². The van der Waals surface area contributed by atoms with E-state index in [4.69, 9.17) is 4.74 Å². The molecule has 0 saturated carbocycles. The summed E-state index contributed by atoms with van der Waals surface area (Å²) in [6, 6.07) is 5.29. The maximum atomic E-state index is 13.8. The van der Waals surface area contributed by atoms with E-state index in [0.717, 1.165) is 31.7 Å². The average Bonchev–Trinajstić information content (AvgIpc) is 2.38. The van der Waals surface area contributed by atoms with Crippen LogP contribution in [0.2, 0.25) is 0 Å². The fourth-order valence-electron chi connectivity index (χ4n) is 2.52. The quantitative estimate of drug-likeness (QED) is 0.898. The lowest BCUT2D eigenvalue weighted by atomic mass is 10.0. The molecule has 1 heterocycles. The Hall–Kier alpha value is -1.13. The lowest BCUT2D eigenvalue weighted by Gasteiger charge is -2.34. The maximum Gasteiger partial charge on any atom is 0.131 e. The van der Waals surface area contributed by atoms with E-state index in [-0.39, 0.29) is 5.82 Å². The van der Waals surface area contributed by atoms with Gasteiger partial charge < -0.3 is 14.7 Å². The van der Waals surface area contributed by atoms with E-state index in [9.17, 15) is 9.50 Å². The van der Waals surface area contributed by atoms with Gasteiger partial charge in [0.2, 0.25) is 0 Å². The highest BCUT2D eigenvalue weighted by Gasteiger charge is 2.23. The molecule has 1 N–H and O–H groups in total. The van der Waals surface area contributed by atoms with E-state index < -0.39 is 6.10 Å². The molecule has 18 heavy (non-hydrogen) atoms. The van der Waals surface area contributed by atoms with Gasteiger partial charge in [0.05, 0.1) is 6.10 Å². The average molecular weight is 253 g/mol. The zero-order valence-electron chi connectivity index (χ0n) is 10.9. The highest BCUT2D eigenvalue weighted by Crippen LogP contribution is 2.31. The third-order valence-electron chi connectivity index (χ3n) is 3.57. The van der Waals surface area contributed by atoms with E-state index in [2.05, 4.69) is 4.90 Å². The van der Waals surface area contributed by atoms with Gasteiger partial charge in [-0.05, 0) is 31.9 Å². The molecule has 3 nitrogen and oxygen atoms in total. The van der Waals surface area contributed by atoms with Gasteiger partial charge in [-0.1, -0.05) is 6.07 Å². The highest BCUT2D eigenvalue weighted by atomic mass is 19.1. The second-order valence-corrected chi connectivity index (χ2v) is 4.80. The molecule has 4 heteroatoms. The lowest BCUT2D eigenvalue weighted by molar-refractivity contribution is 0.0853. The number of aliphatic hydroxyl groups is 1. The number of ether oxygens (including phenoxy) is 1. The van der Waals surface area contributed by atoms with Crippen molar-refractivity contribution in [2.75, 3.05) is 25.2 Å². The number of anilines is 1. The summed E-state index contributed by atoms with van der Waals surface area (Å²) in [5.74, 6) is -0.346. The Bertz CT molecular complexity index is 403. The molecule has 0 spiro atoms. The summed E-state index contributed by atoms with van der Waals surface area (Å²) < 4.78 is 19.2. The third kappa shape index (κ3) is 2.65. The number of hydrogen-bond donors (Lipinski definition) is 1. The minimum Gasteiger partial charge on any atom is -0.389 e. The van der Waals surface area contributed by atoms with Crippen molar-refractivity contribution in [2.24, 2.45) is 0 Å². The van der Waals surface area contributed by atoms with Crippen molar-refractivity contribution in [3.8, 4) is 0 Å². The summed E-state index contributed by atoms with van der Waals surface area (Å²) in [7, 11) is 1.96. The van der Waals surface area contributed by atoms with Crippen LogP contribution >= 0.6 is 0 Å². The molecule has 0 radical (unpaired) electrons. The molecular weight excluding hydrogens is 233 g/mol. The Morgan fingerprint density at radius 2 is 2.06 bits per heavy atom. The predicted octanol–water partition coefficient (Wildman–Crippen LogP) is 2.49. The second kappa shape index (κ2) is 5.67. The molecule has 100 valence electrons. The van der Waals surface area contributed by atoms with Crippen LogP contribution < -0.4 is 4.90 Å². The minimum absolute atomic E-state index is 0.345. The van der Waals surface area contributed by atoms with Gasteiger partial charge in [0.25, 0.3) is 0 Å². The summed E-state index contributed by atoms with van der Waals surface area (Å²) in [4.78, 5) is 2.06. The molecule has 0 amide bonds. The van der Waals surface area contributed by atoms with Crippen LogP contribution in [0.3, 0.4) is 0 Å². The van der Waals surface area contributed by atoms with Crippen LogP contribution in [-0.2, 0) is 4.74 Å². The first-order valence-corrected chi connectivity index (χ1v) is 6.38. The molecule has 1 saturated heterocycles. The van der Waals surface area contributed by atoms with Gasteiger partial charge in [-0.2, -0.15) is 0 Å². The minimum atomic E-state index is -0.802. The van der Waals surface area contributed by atoms with Crippen LogP contribution in [0, 0.1) is 5.82 Å². The van der Waals surface area contributed by atoms with Crippen LogP contribution in [0.25, 0.3) is 0 Å². The first kappa shape index (κ1) is 13.3. The molecule has 0 bridgehead atoms. The van der Waals surface area contributed by atoms with Crippen molar-refractivity contribution in [1.82, 2.24) is 0 Å². The molecule has 1 aromatic carbocycles. The first-order valence-electron chi connectivity index (χ1n) is 6.38. The van der Waals surface area contributed by atoms with Crippen molar-refractivity contribution < 1.29 is 14.2 Å². The fraction of sp³-hybridized carbons (Fsp3) is 0.571. The van der Waals surface area contributed by atoms with E-state index in [1.807, 2.05) is 13.1 Å². The zero-order valence-corrected chi connectivity index (χ0v) is 10.9. The Kier molecular flexibility index (Phi) is 4.19.